The molecule has 6 heteroatoms. The molecule has 0 saturated heterocycles. The first-order chi connectivity index (χ1) is 10.4. The summed E-state index contributed by atoms with van der Waals surface area (Å²) in [5.74, 6) is 1.05. The van der Waals surface area contributed by atoms with E-state index in [1.807, 2.05) is 12.1 Å². The molecular weight excluding hydrogens is 280 g/mol. The second-order valence-corrected chi connectivity index (χ2v) is 6.79. The highest BCUT2D eigenvalue weighted by Gasteiger charge is 2.33. The highest BCUT2D eigenvalue weighted by atomic mass is 16.6. The molecule has 1 aromatic carbocycles. The lowest BCUT2D eigenvalue weighted by Gasteiger charge is -2.18. The van der Waals surface area contributed by atoms with Crippen LogP contribution in [0.3, 0.4) is 0 Å². The van der Waals surface area contributed by atoms with Gasteiger partial charge in [-0.05, 0) is 17.4 Å². The third-order valence-electron chi connectivity index (χ3n) is 4.11. The van der Waals surface area contributed by atoms with E-state index in [2.05, 4.69) is 43.0 Å². The van der Waals surface area contributed by atoms with Gasteiger partial charge >= 0.3 is 0 Å². The summed E-state index contributed by atoms with van der Waals surface area (Å²) >= 11 is 0. The molecule has 2 aromatic rings. The Morgan fingerprint density at radius 3 is 2.55 bits per heavy atom. The maximum absolute atomic E-state index is 11.1. The zero-order valence-electron chi connectivity index (χ0n) is 13.1. The minimum Gasteiger partial charge on any atom is -0.264 e. The molecule has 1 aliphatic rings. The van der Waals surface area contributed by atoms with Crippen LogP contribution in [0.1, 0.15) is 51.0 Å². The zero-order valence-corrected chi connectivity index (χ0v) is 13.1. The molecule has 116 valence electrons. The van der Waals surface area contributed by atoms with E-state index >= 15 is 0 Å². The van der Waals surface area contributed by atoms with Crippen LogP contribution in [0.15, 0.2) is 24.3 Å². The number of fused-ring (bicyclic) bond motifs is 1. The quantitative estimate of drug-likeness (QED) is 0.629. The van der Waals surface area contributed by atoms with E-state index in [4.69, 9.17) is 0 Å². The van der Waals surface area contributed by atoms with Gasteiger partial charge in [-0.3, -0.25) is 10.1 Å². The van der Waals surface area contributed by atoms with Gasteiger partial charge in [-0.25, -0.2) is 9.67 Å². The first kappa shape index (κ1) is 14.7. The van der Waals surface area contributed by atoms with Crippen molar-refractivity contribution in [3.05, 3.63) is 45.8 Å². The van der Waals surface area contributed by atoms with Crippen molar-refractivity contribution in [1.29, 1.82) is 0 Å². The second kappa shape index (κ2) is 5.19. The van der Waals surface area contributed by atoms with Crippen LogP contribution in [0.25, 0.3) is 11.4 Å². The van der Waals surface area contributed by atoms with Crippen molar-refractivity contribution >= 4 is 0 Å². The molecule has 0 saturated carbocycles. The van der Waals surface area contributed by atoms with Crippen molar-refractivity contribution in [3.63, 3.8) is 0 Å². The van der Waals surface area contributed by atoms with E-state index in [0.717, 1.165) is 12.0 Å². The van der Waals surface area contributed by atoms with Gasteiger partial charge in [0.2, 0.25) is 5.82 Å². The maximum atomic E-state index is 11.1. The van der Waals surface area contributed by atoms with Gasteiger partial charge < -0.3 is 0 Å². The molecule has 0 N–H and O–H groups in total. The molecule has 1 aliphatic heterocycles. The lowest BCUT2D eigenvalue weighted by molar-refractivity contribution is -0.533. The number of nitrogens with zero attached hydrogens (tertiary/aromatic N) is 4. The van der Waals surface area contributed by atoms with Crippen LogP contribution < -0.4 is 0 Å². The number of nitro groups is 1. The average molecular weight is 300 g/mol. The molecule has 0 spiro atoms. The normalized spacial score (nSPS) is 18.0. The predicted molar refractivity (Wildman–Crippen MR) is 83.1 cm³/mol. The van der Waals surface area contributed by atoms with Crippen LogP contribution in [0, 0.1) is 10.1 Å². The summed E-state index contributed by atoms with van der Waals surface area (Å²) in [4.78, 5) is 15.3. The molecule has 6 nitrogen and oxygen atoms in total. The molecule has 1 atom stereocenters. The molecule has 22 heavy (non-hydrogen) atoms. The van der Waals surface area contributed by atoms with E-state index in [-0.39, 0.29) is 10.3 Å². The fourth-order valence-corrected chi connectivity index (χ4v) is 2.77. The summed E-state index contributed by atoms with van der Waals surface area (Å²) in [6.07, 6.45) is 1.30. The lowest BCUT2D eigenvalue weighted by atomic mass is 9.87. The third kappa shape index (κ3) is 2.61. The fourth-order valence-electron chi connectivity index (χ4n) is 2.77. The molecule has 0 aliphatic carbocycles. The average Bonchev–Trinajstić information content (AvgIpc) is 2.90. The Morgan fingerprint density at radius 1 is 1.27 bits per heavy atom. The van der Waals surface area contributed by atoms with Crippen LogP contribution >= 0.6 is 0 Å². The first-order valence-electron chi connectivity index (χ1n) is 7.55. The van der Waals surface area contributed by atoms with Gasteiger partial charge in [-0.2, -0.15) is 5.10 Å². The minimum atomic E-state index is -0.733. The van der Waals surface area contributed by atoms with E-state index in [0.29, 0.717) is 24.6 Å². The summed E-state index contributed by atoms with van der Waals surface area (Å²) in [6, 6.07) is 7.39. The van der Waals surface area contributed by atoms with Gasteiger partial charge in [0.1, 0.15) is 0 Å². The molecule has 1 aromatic heterocycles. The third-order valence-corrected chi connectivity index (χ3v) is 4.11. The SMILES string of the molecule is CC(C)(C)c1ccc(-c2nc3n(n2)CCCC3[N+](=O)[O-])cc1. The largest absolute Gasteiger partial charge is 0.271 e. The van der Waals surface area contributed by atoms with Crippen LogP contribution in [0.4, 0.5) is 0 Å². The Labute approximate surface area is 129 Å². The standard InChI is InChI=1S/C16H20N4O2/c1-16(2,3)12-8-6-11(7-9-12)14-17-15-13(20(21)22)5-4-10-19(15)18-14/h6-9,13H,4-5,10H2,1-3H3. The van der Waals surface area contributed by atoms with Crippen molar-refractivity contribution in [1.82, 2.24) is 14.8 Å². The van der Waals surface area contributed by atoms with Crippen LogP contribution in [-0.2, 0) is 12.0 Å². The van der Waals surface area contributed by atoms with Gasteiger partial charge in [0.05, 0.1) is 0 Å². The molecule has 0 fully saturated rings. The first-order valence-corrected chi connectivity index (χ1v) is 7.55. The van der Waals surface area contributed by atoms with Crippen molar-refractivity contribution in [2.24, 2.45) is 0 Å². The molecule has 0 amide bonds. The van der Waals surface area contributed by atoms with E-state index < -0.39 is 6.04 Å². The number of aryl methyl sites for hydroxylation is 1. The highest BCUT2D eigenvalue weighted by Crippen LogP contribution is 2.29. The van der Waals surface area contributed by atoms with Crippen LogP contribution in [-0.4, -0.2) is 19.7 Å². The van der Waals surface area contributed by atoms with Gasteiger partial charge in [0.25, 0.3) is 6.04 Å². The lowest BCUT2D eigenvalue weighted by Crippen LogP contribution is -2.22. The molecule has 3 rings (SSSR count). The van der Waals surface area contributed by atoms with Gasteiger partial charge in [-0.1, -0.05) is 45.0 Å². The highest BCUT2D eigenvalue weighted by molar-refractivity contribution is 5.55. The van der Waals surface area contributed by atoms with E-state index in [1.54, 1.807) is 4.68 Å². The van der Waals surface area contributed by atoms with Gasteiger partial charge in [0.15, 0.2) is 5.82 Å². The van der Waals surface area contributed by atoms with Crippen molar-refractivity contribution in [2.45, 2.75) is 51.6 Å². The molecule has 0 bridgehead atoms. The summed E-state index contributed by atoms with van der Waals surface area (Å²) in [6.45, 7) is 7.19. The zero-order chi connectivity index (χ0) is 15.9. The van der Waals surface area contributed by atoms with E-state index in [9.17, 15) is 10.1 Å². The Balaban J connectivity index is 1.95. The van der Waals surface area contributed by atoms with Crippen LogP contribution in [0.5, 0.6) is 0 Å². The topological polar surface area (TPSA) is 73.8 Å². The molecule has 1 unspecified atom stereocenters. The van der Waals surface area contributed by atoms with Crippen molar-refractivity contribution in [3.8, 4) is 11.4 Å². The maximum Gasteiger partial charge on any atom is 0.271 e. The van der Waals surface area contributed by atoms with Gasteiger partial charge in [-0.15, -0.1) is 0 Å². The number of hydrogen-bond acceptors (Lipinski definition) is 4. The fraction of sp³-hybridized carbons (Fsp3) is 0.500. The summed E-state index contributed by atoms with van der Waals surface area (Å²) < 4.78 is 1.68. The molecule has 2 heterocycles. The van der Waals surface area contributed by atoms with Crippen molar-refractivity contribution in [2.75, 3.05) is 0 Å². The Hall–Kier alpha value is -2.24. The molecular formula is C16H20N4O2. The van der Waals surface area contributed by atoms with E-state index in [1.165, 1.54) is 5.56 Å². The van der Waals surface area contributed by atoms with Crippen molar-refractivity contribution < 1.29 is 4.92 Å². The summed E-state index contributed by atoms with van der Waals surface area (Å²) in [5.41, 5.74) is 2.23. The van der Waals surface area contributed by atoms with Gasteiger partial charge in [0, 0.05) is 23.5 Å². The second-order valence-electron chi connectivity index (χ2n) is 6.79. The number of benzene rings is 1. The number of aromatic nitrogens is 3. The Bertz CT molecular complexity index is 698. The number of hydrogen-bond donors (Lipinski definition) is 0. The Kier molecular flexibility index (Phi) is 3.47. The predicted octanol–water partition coefficient (Wildman–Crippen LogP) is 3.35. The summed E-state index contributed by atoms with van der Waals surface area (Å²) in [7, 11) is 0. The smallest absolute Gasteiger partial charge is 0.264 e. The number of rotatable bonds is 2. The monoisotopic (exact) mass is 300 g/mol. The van der Waals surface area contributed by atoms with Crippen LogP contribution in [0.2, 0.25) is 0 Å². The summed E-state index contributed by atoms with van der Waals surface area (Å²) in [5, 5.41) is 15.6. The molecule has 0 radical (unpaired) electrons. The Morgan fingerprint density at radius 2 is 1.95 bits per heavy atom. The minimum absolute atomic E-state index is 0.0934.